The van der Waals surface area contributed by atoms with Crippen LogP contribution in [0.5, 0.6) is 0 Å². The van der Waals surface area contributed by atoms with Crippen LogP contribution >= 0.6 is 0 Å². The topological polar surface area (TPSA) is 103 Å². The lowest BCUT2D eigenvalue weighted by Gasteiger charge is -2.28. The molecule has 30 heavy (non-hydrogen) atoms. The van der Waals surface area contributed by atoms with E-state index in [4.69, 9.17) is 15.2 Å². The van der Waals surface area contributed by atoms with Crippen molar-refractivity contribution in [3.05, 3.63) is 35.9 Å². The average molecular weight is 420 g/mol. The minimum atomic E-state index is -0.683. The van der Waals surface area contributed by atoms with E-state index in [2.05, 4.69) is 10.6 Å². The number of carbonyl (C=O) groups excluding carboxylic acids is 2. The van der Waals surface area contributed by atoms with Gasteiger partial charge in [-0.1, -0.05) is 62.4 Å². The molecule has 0 bridgehead atoms. The Labute approximate surface area is 180 Å². The third-order valence-electron chi connectivity index (χ3n) is 5.14. The molecule has 1 aromatic carbocycles. The van der Waals surface area contributed by atoms with Gasteiger partial charge in [0.15, 0.2) is 0 Å². The molecule has 1 fully saturated rings. The summed E-state index contributed by atoms with van der Waals surface area (Å²) in [5, 5.41) is 5.51. The molecule has 0 spiro atoms. The molecule has 1 saturated carbocycles. The maximum Gasteiger partial charge on any atom is 0.408 e. The number of hydrogen-bond donors (Lipinski definition) is 3. The highest BCUT2D eigenvalue weighted by Gasteiger charge is 2.27. The number of nitrogens with one attached hydrogen (secondary N) is 2. The van der Waals surface area contributed by atoms with Crippen LogP contribution in [0.4, 0.5) is 4.79 Å². The molecular formula is C23H37N3O4. The van der Waals surface area contributed by atoms with E-state index in [1.165, 1.54) is 6.42 Å². The Morgan fingerprint density at radius 3 is 2.40 bits per heavy atom. The van der Waals surface area contributed by atoms with Gasteiger partial charge in [0.05, 0.1) is 12.2 Å². The van der Waals surface area contributed by atoms with Crippen LogP contribution < -0.4 is 16.4 Å². The number of carbonyl (C=O) groups is 2. The molecule has 0 aromatic heterocycles. The number of hydrogen-bond acceptors (Lipinski definition) is 5. The predicted octanol–water partition coefficient (Wildman–Crippen LogP) is 3.47. The Hall–Kier alpha value is -2.12. The number of rotatable bonds is 9. The summed E-state index contributed by atoms with van der Waals surface area (Å²) >= 11 is 0. The van der Waals surface area contributed by atoms with Gasteiger partial charge in [0.25, 0.3) is 0 Å². The molecule has 168 valence electrons. The van der Waals surface area contributed by atoms with Crippen LogP contribution in [-0.2, 0) is 20.9 Å². The molecule has 0 heterocycles. The van der Waals surface area contributed by atoms with Crippen molar-refractivity contribution < 1.29 is 19.1 Å². The van der Waals surface area contributed by atoms with Gasteiger partial charge in [-0.2, -0.15) is 0 Å². The molecule has 2 rings (SSSR count). The number of alkyl carbamates (subject to hydrolysis) is 1. The van der Waals surface area contributed by atoms with E-state index in [1.54, 1.807) is 0 Å². The fraction of sp³-hybridized carbons (Fsp3) is 0.652. The molecule has 1 aliphatic carbocycles. The second-order valence-corrected chi connectivity index (χ2v) is 9.04. The van der Waals surface area contributed by atoms with Crippen molar-refractivity contribution in [2.24, 2.45) is 11.7 Å². The number of nitrogens with two attached hydrogens (primary N) is 1. The highest BCUT2D eigenvalue weighted by molar-refractivity contribution is 5.85. The van der Waals surface area contributed by atoms with Crippen LogP contribution in [0, 0.1) is 5.92 Å². The molecule has 1 aliphatic rings. The smallest absolute Gasteiger partial charge is 0.408 e. The van der Waals surface area contributed by atoms with Crippen LogP contribution in [0.25, 0.3) is 0 Å². The van der Waals surface area contributed by atoms with Gasteiger partial charge >= 0.3 is 6.09 Å². The van der Waals surface area contributed by atoms with E-state index in [-0.39, 0.29) is 24.7 Å². The van der Waals surface area contributed by atoms with Crippen LogP contribution in [0.1, 0.15) is 64.9 Å². The Balaban J connectivity index is 1.91. The Morgan fingerprint density at radius 2 is 1.77 bits per heavy atom. The maximum atomic E-state index is 12.8. The summed E-state index contributed by atoms with van der Waals surface area (Å²) in [6.07, 6.45) is 5.04. The second kappa shape index (κ2) is 11.9. The number of amides is 2. The molecule has 0 unspecified atom stereocenters. The van der Waals surface area contributed by atoms with Gasteiger partial charge in [0.1, 0.15) is 18.8 Å². The Bertz CT molecular complexity index is 654. The maximum absolute atomic E-state index is 12.8. The Morgan fingerprint density at radius 1 is 1.10 bits per heavy atom. The summed E-state index contributed by atoms with van der Waals surface area (Å²) < 4.78 is 10.9. The van der Waals surface area contributed by atoms with E-state index in [9.17, 15) is 9.59 Å². The monoisotopic (exact) mass is 419 g/mol. The van der Waals surface area contributed by atoms with Crippen molar-refractivity contribution in [2.75, 3.05) is 6.61 Å². The predicted molar refractivity (Wildman–Crippen MR) is 117 cm³/mol. The van der Waals surface area contributed by atoms with Gasteiger partial charge in [-0.05, 0) is 38.7 Å². The van der Waals surface area contributed by atoms with E-state index in [0.29, 0.717) is 12.3 Å². The molecule has 1 aromatic rings. The first-order valence-electron chi connectivity index (χ1n) is 10.9. The van der Waals surface area contributed by atoms with Gasteiger partial charge in [0, 0.05) is 0 Å². The highest BCUT2D eigenvalue weighted by Crippen LogP contribution is 2.27. The summed E-state index contributed by atoms with van der Waals surface area (Å²) in [5.41, 5.74) is 6.56. The lowest BCUT2D eigenvalue weighted by Crippen LogP contribution is -2.54. The van der Waals surface area contributed by atoms with Gasteiger partial charge in [-0.3, -0.25) is 4.79 Å². The number of benzene rings is 1. The van der Waals surface area contributed by atoms with Gasteiger partial charge in [0.2, 0.25) is 5.91 Å². The molecule has 2 atom stereocenters. The van der Waals surface area contributed by atoms with Crippen molar-refractivity contribution >= 4 is 12.0 Å². The van der Waals surface area contributed by atoms with Crippen LogP contribution in [-0.4, -0.2) is 36.4 Å². The molecule has 0 aliphatic heterocycles. The molecule has 4 N–H and O–H groups in total. The summed E-state index contributed by atoms with van der Waals surface area (Å²) in [6, 6.07) is 8.76. The van der Waals surface area contributed by atoms with Gasteiger partial charge in [-0.25, -0.2) is 4.79 Å². The van der Waals surface area contributed by atoms with Crippen molar-refractivity contribution in [1.82, 2.24) is 10.6 Å². The SMILES string of the molecule is CC(C)(C)OC[C@H](N)NC(=O)[C@H](CC1CCCCC1)NC(=O)OCc1ccccc1. The summed E-state index contributed by atoms with van der Waals surface area (Å²) in [5.74, 6) is 0.105. The molecule has 2 amide bonds. The quantitative estimate of drug-likeness (QED) is 0.532. The van der Waals surface area contributed by atoms with E-state index in [0.717, 1.165) is 31.2 Å². The number of ether oxygens (including phenoxy) is 2. The van der Waals surface area contributed by atoms with Crippen molar-refractivity contribution in [3.63, 3.8) is 0 Å². The lowest BCUT2D eigenvalue weighted by molar-refractivity contribution is -0.125. The van der Waals surface area contributed by atoms with Crippen LogP contribution in [0.15, 0.2) is 30.3 Å². The second-order valence-electron chi connectivity index (χ2n) is 9.04. The Kier molecular flexibility index (Phi) is 9.59. The van der Waals surface area contributed by atoms with Crippen molar-refractivity contribution in [2.45, 2.75) is 83.7 Å². The minimum absolute atomic E-state index is 0.156. The van der Waals surface area contributed by atoms with Crippen LogP contribution in [0.2, 0.25) is 0 Å². The zero-order valence-electron chi connectivity index (χ0n) is 18.5. The van der Waals surface area contributed by atoms with Crippen LogP contribution in [0.3, 0.4) is 0 Å². The fourth-order valence-corrected chi connectivity index (χ4v) is 3.56. The molecule has 7 heteroatoms. The van der Waals surface area contributed by atoms with Gasteiger partial charge in [-0.15, -0.1) is 0 Å². The molecule has 0 saturated heterocycles. The van der Waals surface area contributed by atoms with E-state index in [1.807, 2.05) is 51.1 Å². The first-order valence-corrected chi connectivity index (χ1v) is 10.9. The van der Waals surface area contributed by atoms with Gasteiger partial charge < -0.3 is 25.8 Å². The normalized spacial score (nSPS) is 17.1. The first-order chi connectivity index (χ1) is 14.2. The zero-order valence-corrected chi connectivity index (χ0v) is 18.5. The molecule has 0 radical (unpaired) electrons. The largest absolute Gasteiger partial charge is 0.445 e. The third-order valence-corrected chi connectivity index (χ3v) is 5.14. The standard InChI is InChI=1S/C23H37N3O4/c1-23(2,3)30-16-20(24)26-21(27)19(14-17-10-6-4-7-11-17)25-22(28)29-15-18-12-8-5-9-13-18/h5,8-9,12-13,17,19-20H,4,6-7,10-11,14-16,24H2,1-3H3,(H,25,28)(H,26,27)/t19-,20+/m0/s1. The zero-order chi connectivity index (χ0) is 22.0. The third kappa shape index (κ3) is 9.59. The molecule has 7 nitrogen and oxygen atoms in total. The summed E-state index contributed by atoms with van der Waals surface area (Å²) in [4.78, 5) is 25.2. The highest BCUT2D eigenvalue weighted by atomic mass is 16.5. The molecular weight excluding hydrogens is 382 g/mol. The van der Waals surface area contributed by atoms with Crippen molar-refractivity contribution in [3.8, 4) is 0 Å². The van der Waals surface area contributed by atoms with Crippen molar-refractivity contribution in [1.29, 1.82) is 0 Å². The first kappa shape index (κ1) is 24.2. The van der Waals surface area contributed by atoms with E-state index < -0.39 is 18.3 Å². The lowest BCUT2D eigenvalue weighted by atomic mass is 9.84. The minimum Gasteiger partial charge on any atom is -0.445 e. The fourth-order valence-electron chi connectivity index (χ4n) is 3.56. The summed E-state index contributed by atoms with van der Waals surface area (Å²) in [7, 11) is 0. The summed E-state index contributed by atoms with van der Waals surface area (Å²) in [6.45, 7) is 6.14. The average Bonchev–Trinajstić information content (AvgIpc) is 2.71. The van der Waals surface area contributed by atoms with E-state index >= 15 is 0 Å².